The normalized spacial score (nSPS) is 12.5. The highest BCUT2D eigenvalue weighted by atomic mass is 79.9. The Morgan fingerprint density at radius 2 is 2.33 bits per heavy atom. The molecule has 1 amide bonds. The van der Waals surface area contributed by atoms with Gasteiger partial charge < -0.3 is 19.3 Å². The number of aliphatic hydroxyl groups excluding tert-OH is 1. The topological polar surface area (TPSA) is 54.7 Å². The molecule has 0 aromatic carbocycles. The van der Waals surface area contributed by atoms with Gasteiger partial charge in [0.25, 0.3) is 5.91 Å². The van der Waals surface area contributed by atoms with Crippen LogP contribution in [0, 0.1) is 0 Å². The number of methoxy groups -OCH3 is 1. The molecule has 0 aliphatic carbocycles. The zero-order valence-electron chi connectivity index (χ0n) is 10.9. The van der Waals surface area contributed by atoms with Crippen LogP contribution in [0.4, 0.5) is 0 Å². The van der Waals surface area contributed by atoms with Crippen LogP contribution in [0.15, 0.2) is 16.7 Å². The number of hydrogen-bond acceptors (Lipinski definition) is 3. The van der Waals surface area contributed by atoms with Crippen LogP contribution in [0.1, 0.15) is 17.4 Å². The number of aryl methyl sites for hydroxylation is 1. The van der Waals surface area contributed by atoms with Crippen molar-refractivity contribution in [2.45, 2.75) is 19.6 Å². The molecular formula is C12H19BrN2O3. The standard InChI is InChI=1S/C12H19BrN2O3/c1-4-15-6-9(13)5-11(15)12(17)14(2)7-10(16)8-18-3/h5-6,10,16H,4,7-8H2,1-3H3. The number of aliphatic hydroxyl groups is 1. The van der Waals surface area contributed by atoms with E-state index in [9.17, 15) is 9.90 Å². The van der Waals surface area contributed by atoms with Gasteiger partial charge in [-0.3, -0.25) is 4.79 Å². The van der Waals surface area contributed by atoms with Gasteiger partial charge in [0, 0.05) is 37.9 Å². The van der Waals surface area contributed by atoms with Crippen LogP contribution in [0.3, 0.4) is 0 Å². The molecule has 0 aliphatic heterocycles. The summed E-state index contributed by atoms with van der Waals surface area (Å²) in [7, 11) is 3.19. The average Bonchev–Trinajstić information content (AvgIpc) is 2.69. The third kappa shape index (κ3) is 3.83. The number of likely N-dealkylation sites (N-methyl/N-ethyl adjacent to an activating group) is 1. The van der Waals surface area contributed by atoms with E-state index in [2.05, 4.69) is 15.9 Å². The number of aromatic nitrogens is 1. The Balaban J connectivity index is 2.73. The molecule has 1 heterocycles. The van der Waals surface area contributed by atoms with Crippen molar-refractivity contribution in [3.63, 3.8) is 0 Å². The molecule has 5 nitrogen and oxygen atoms in total. The predicted molar refractivity (Wildman–Crippen MR) is 72.6 cm³/mol. The van der Waals surface area contributed by atoms with E-state index >= 15 is 0 Å². The molecule has 0 bridgehead atoms. The summed E-state index contributed by atoms with van der Waals surface area (Å²) in [6, 6.07) is 1.78. The van der Waals surface area contributed by atoms with Crippen LogP contribution < -0.4 is 0 Å². The molecule has 1 atom stereocenters. The molecule has 1 N–H and O–H groups in total. The second-order valence-electron chi connectivity index (χ2n) is 4.12. The first-order valence-corrected chi connectivity index (χ1v) is 6.57. The summed E-state index contributed by atoms with van der Waals surface area (Å²) in [5, 5.41) is 9.61. The Bertz CT molecular complexity index is 406. The summed E-state index contributed by atoms with van der Waals surface area (Å²) in [5.41, 5.74) is 0.608. The van der Waals surface area contributed by atoms with Gasteiger partial charge in [0.05, 0.1) is 12.7 Å². The maximum Gasteiger partial charge on any atom is 0.270 e. The van der Waals surface area contributed by atoms with E-state index in [-0.39, 0.29) is 19.1 Å². The number of carbonyl (C=O) groups excluding carboxylic acids is 1. The minimum Gasteiger partial charge on any atom is -0.389 e. The van der Waals surface area contributed by atoms with Gasteiger partial charge in [-0.1, -0.05) is 0 Å². The number of hydrogen-bond donors (Lipinski definition) is 1. The number of rotatable bonds is 6. The smallest absolute Gasteiger partial charge is 0.270 e. The van der Waals surface area contributed by atoms with E-state index < -0.39 is 6.10 Å². The number of nitrogens with zero attached hydrogens (tertiary/aromatic N) is 2. The molecule has 0 saturated carbocycles. The van der Waals surface area contributed by atoms with E-state index in [1.54, 1.807) is 13.1 Å². The quantitative estimate of drug-likeness (QED) is 0.861. The lowest BCUT2D eigenvalue weighted by atomic mass is 10.3. The highest BCUT2D eigenvalue weighted by molar-refractivity contribution is 9.10. The fraction of sp³-hybridized carbons (Fsp3) is 0.583. The summed E-state index contributed by atoms with van der Waals surface area (Å²) >= 11 is 3.36. The fourth-order valence-electron chi connectivity index (χ4n) is 1.76. The van der Waals surface area contributed by atoms with Crippen LogP contribution in [0.5, 0.6) is 0 Å². The zero-order valence-corrected chi connectivity index (χ0v) is 12.5. The zero-order chi connectivity index (χ0) is 13.7. The van der Waals surface area contributed by atoms with Gasteiger partial charge >= 0.3 is 0 Å². The Labute approximate surface area is 115 Å². The third-order valence-corrected chi connectivity index (χ3v) is 3.05. The summed E-state index contributed by atoms with van der Waals surface area (Å²) in [6.45, 7) is 3.17. The predicted octanol–water partition coefficient (Wildman–Crippen LogP) is 1.35. The molecule has 102 valence electrons. The number of halogens is 1. The molecule has 1 rings (SSSR count). The first-order chi connectivity index (χ1) is 8.49. The Kier molecular flexibility index (Phi) is 5.84. The number of amides is 1. The molecule has 1 aromatic rings. The van der Waals surface area contributed by atoms with Crippen molar-refractivity contribution >= 4 is 21.8 Å². The molecule has 0 saturated heterocycles. The first-order valence-electron chi connectivity index (χ1n) is 5.77. The molecule has 1 aromatic heterocycles. The SMILES string of the molecule is CCn1cc(Br)cc1C(=O)N(C)CC(O)COC. The van der Waals surface area contributed by atoms with Gasteiger partial charge in [-0.25, -0.2) is 0 Å². The van der Waals surface area contributed by atoms with E-state index in [0.29, 0.717) is 5.69 Å². The van der Waals surface area contributed by atoms with Gasteiger partial charge in [-0.05, 0) is 28.9 Å². The maximum atomic E-state index is 12.2. The van der Waals surface area contributed by atoms with Gasteiger partial charge in [-0.2, -0.15) is 0 Å². The van der Waals surface area contributed by atoms with Crippen molar-refractivity contribution in [2.24, 2.45) is 0 Å². The molecule has 0 spiro atoms. The van der Waals surface area contributed by atoms with Crippen LogP contribution in [-0.4, -0.2) is 53.9 Å². The molecule has 6 heteroatoms. The van der Waals surface area contributed by atoms with Gasteiger partial charge in [0.15, 0.2) is 0 Å². The summed E-state index contributed by atoms with van der Waals surface area (Å²) < 4.78 is 7.58. The average molecular weight is 319 g/mol. The molecule has 0 fully saturated rings. The monoisotopic (exact) mass is 318 g/mol. The van der Waals surface area contributed by atoms with Crippen LogP contribution in [0.25, 0.3) is 0 Å². The van der Waals surface area contributed by atoms with Crippen molar-refractivity contribution < 1.29 is 14.6 Å². The lowest BCUT2D eigenvalue weighted by Gasteiger charge is -2.21. The Morgan fingerprint density at radius 1 is 1.67 bits per heavy atom. The summed E-state index contributed by atoms with van der Waals surface area (Å²) in [4.78, 5) is 13.7. The van der Waals surface area contributed by atoms with Crippen molar-refractivity contribution in [2.75, 3.05) is 27.3 Å². The molecule has 0 radical (unpaired) electrons. The van der Waals surface area contributed by atoms with Crippen molar-refractivity contribution in [1.29, 1.82) is 0 Å². The second kappa shape index (κ2) is 6.92. The van der Waals surface area contributed by atoms with Gasteiger partial charge in [-0.15, -0.1) is 0 Å². The number of ether oxygens (including phenoxy) is 1. The minimum atomic E-state index is -0.669. The van der Waals surface area contributed by atoms with E-state index in [0.717, 1.165) is 11.0 Å². The molecule has 18 heavy (non-hydrogen) atoms. The highest BCUT2D eigenvalue weighted by Gasteiger charge is 2.18. The van der Waals surface area contributed by atoms with E-state index in [1.165, 1.54) is 12.0 Å². The summed E-state index contributed by atoms with van der Waals surface area (Å²) in [6.07, 6.45) is 1.20. The second-order valence-corrected chi connectivity index (χ2v) is 5.04. The highest BCUT2D eigenvalue weighted by Crippen LogP contribution is 2.16. The lowest BCUT2D eigenvalue weighted by Crippen LogP contribution is -2.37. The van der Waals surface area contributed by atoms with Crippen molar-refractivity contribution in [3.05, 3.63) is 22.4 Å². The largest absolute Gasteiger partial charge is 0.389 e. The van der Waals surface area contributed by atoms with E-state index in [4.69, 9.17) is 4.74 Å². The van der Waals surface area contributed by atoms with Crippen LogP contribution in [0.2, 0.25) is 0 Å². The lowest BCUT2D eigenvalue weighted by molar-refractivity contribution is 0.0376. The number of carbonyl (C=O) groups is 1. The Morgan fingerprint density at radius 3 is 2.89 bits per heavy atom. The van der Waals surface area contributed by atoms with Gasteiger partial charge in [0.2, 0.25) is 0 Å². The van der Waals surface area contributed by atoms with Crippen molar-refractivity contribution in [3.8, 4) is 0 Å². The van der Waals surface area contributed by atoms with Gasteiger partial charge in [0.1, 0.15) is 5.69 Å². The minimum absolute atomic E-state index is 0.113. The van der Waals surface area contributed by atoms with Crippen molar-refractivity contribution in [1.82, 2.24) is 9.47 Å². The molecule has 1 unspecified atom stereocenters. The van der Waals surface area contributed by atoms with E-state index in [1.807, 2.05) is 17.7 Å². The summed E-state index contributed by atoms with van der Waals surface area (Å²) in [5.74, 6) is -0.113. The molecular weight excluding hydrogens is 300 g/mol. The third-order valence-electron chi connectivity index (χ3n) is 2.61. The van der Waals surface area contributed by atoms with Crippen LogP contribution >= 0.6 is 15.9 Å². The fourth-order valence-corrected chi connectivity index (χ4v) is 2.22. The van der Waals surface area contributed by atoms with Crippen LogP contribution in [-0.2, 0) is 11.3 Å². The molecule has 0 aliphatic rings. The first kappa shape index (κ1) is 15.2. The maximum absolute atomic E-state index is 12.2. The Hall–Kier alpha value is -0.850.